The fourth-order valence-corrected chi connectivity index (χ4v) is 5.63. The molecule has 2 atom stereocenters. The third kappa shape index (κ3) is 2.45. The first-order valence-corrected chi connectivity index (χ1v) is 10.8. The van der Waals surface area contributed by atoms with Crippen molar-refractivity contribution in [3.05, 3.63) is 124 Å². The van der Waals surface area contributed by atoms with Gasteiger partial charge in [0.15, 0.2) is 11.6 Å². The molecule has 0 spiro atoms. The highest BCUT2D eigenvalue weighted by atomic mass is 16.1. The van der Waals surface area contributed by atoms with Crippen LogP contribution in [0.1, 0.15) is 68.3 Å². The predicted molar refractivity (Wildman–Crippen MR) is 123 cm³/mol. The Morgan fingerprint density at radius 3 is 2.03 bits per heavy atom. The molecule has 0 fully saturated rings. The summed E-state index contributed by atoms with van der Waals surface area (Å²) in [5, 5.41) is 0. The van der Waals surface area contributed by atoms with E-state index in [0.29, 0.717) is 22.3 Å². The highest BCUT2D eigenvalue weighted by Crippen LogP contribution is 2.55. The van der Waals surface area contributed by atoms with Crippen LogP contribution in [0.3, 0.4) is 0 Å². The Morgan fingerprint density at radius 2 is 1.35 bits per heavy atom. The predicted octanol–water partition coefficient (Wildman–Crippen LogP) is 6.11. The van der Waals surface area contributed by atoms with Crippen LogP contribution in [0.25, 0.3) is 5.57 Å². The zero-order chi connectivity index (χ0) is 21.3. The molecule has 0 N–H and O–H groups in total. The molecule has 0 amide bonds. The van der Waals surface area contributed by atoms with E-state index in [9.17, 15) is 9.59 Å². The Labute approximate surface area is 181 Å². The van der Waals surface area contributed by atoms with Crippen LogP contribution in [0.2, 0.25) is 0 Å². The van der Waals surface area contributed by atoms with Gasteiger partial charge in [0.1, 0.15) is 0 Å². The topological polar surface area (TPSA) is 34.1 Å². The van der Waals surface area contributed by atoms with E-state index in [4.69, 9.17) is 0 Å². The third-order valence-corrected chi connectivity index (χ3v) is 7.32. The molecule has 0 saturated heterocycles. The fourth-order valence-electron chi connectivity index (χ4n) is 5.63. The Morgan fingerprint density at radius 1 is 0.742 bits per heavy atom. The number of carbonyl (C=O) groups is 2. The molecule has 150 valence electrons. The van der Waals surface area contributed by atoms with E-state index in [0.717, 1.165) is 0 Å². The number of carbonyl (C=O) groups excluding carboxylic acids is 2. The molecule has 0 bridgehead atoms. The molecule has 3 aliphatic rings. The first-order valence-electron chi connectivity index (χ1n) is 10.8. The summed E-state index contributed by atoms with van der Waals surface area (Å²) in [6.07, 6.45) is 6.84. The second kappa shape index (κ2) is 6.24. The highest BCUT2D eigenvalue weighted by Gasteiger charge is 2.46. The summed E-state index contributed by atoms with van der Waals surface area (Å²) in [5.41, 5.74) is 6.77. The lowest BCUT2D eigenvalue weighted by Crippen LogP contribution is -2.26. The normalized spacial score (nSPS) is 22.3. The van der Waals surface area contributed by atoms with Crippen molar-refractivity contribution in [2.75, 3.05) is 0 Å². The van der Waals surface area contributed by atoms with Crippen LogP contribution in [-0.2, 0) is 5.41 Å². The van der Waals surface area contributed by atoms with Crippen LogP contribution in [0, 0.1) is 5.92 Å². The van der Waals surface area contributed by atoms with E-state index < -0.39 is 0 Å². The van der Waals surface area contributed by atoms with E-state index >= 15 is 0 Å². The van der Waals surface area contributed by atoms with Gasteiger partial charge in [0, 0.05) is 28.2 Å². The molecule has 0 heterocycles. The summed E-state index contributed by atoms with van der Waals surface area (Å²) >= 11 is 0. The Balaban J connectivity index is 1.51. The zero-order valence-corrected chi connectivity index (χ0v) is 17.6. The van der Waals surface area contributed by atoms with Gasteiger partial charge < -0.3 is 0 Å². The van der Waals surface area contributed by atoms with Gasteiger partial charge in [-0.25, -0.2) is 0 Å². The smallest absolute Gasteiger partial charge is 0.194 e. The number of fused-ring (bicyclic) bond motifs is 5. The molecule has 0 aliphatic heterocycles. The maximum absolute atomic E-state index is 13.2. The molecule has 2 nitrogen and oxygen atoms in total. The summed E-state index contributed by atoms with van der Waals surface area (Å²) in [4.78, 5) is 26.5. The Kier molecular flexibility index (Phi) is 3.68. The largest absolute Gasteiger partial charge is 0.289 e. The van der Waals surface area contributed by atoms with E-state index in [1.807, 2.05) is 30.3 Å². The highest BCUT2D eigenvalue weighted by molar-refractivity contribution is 6.28. The Hall–Kier alpha value is -3.52. The SMILES string of the molecule is CC1(C)c2cc3c(cc2C2C=CC(c4ccccc4)=CC21)C(=O)c1ccccc1C3=O. The van der Waals surface area contributed by atoms with Gasteiger partial charge >= 0.3 is 0 Å². The lowest BCUT2D eigenvalue weighted by Gasteiger charge is -2.31. The number of ketones is 2. The van der Waals surface area contributed by atoms with Crippen molar-refractivity contribution in [1.82, 2.24) is 0 Å². The molecule has 2 heteroatoms. The number of hydrogen-bond acceptors (Lipinski definition) is 2. The summed E-state index contributed by atoms with van der Waals surface area (Å²) in [6.45, 7) is 4.51. The lowest BCUT2D eigenvalue weighted by molar-refractivity contribution is 0.0979. The van der Waals surface area contributed by atoms with Crippen molar-refractivity contribution in [3.63, 3.8) is 0 Å². The van der Waals surface area contributed by atoms with Crippen molar-refractivity contribution < 1.29 is 9.59 Å². The zero-order valence-electron chi connectivity index (χ0n) is 17.6. The van der Waals surface area contributed by atoms with Crippen molar-refractivity contribution >= 4 is 17.1 Å². The summed E-state index contributed by atoms with van der Waals surface area (Å²) in [6, 6.07) is 21.6. The van der Waals surface area contributed by atoms with Gasteiger partial charge in [-0.3, -0.25) is 9.59 Å². The minimum atomic E-state index is -0.139. The van der Waals surface area contributed by atoms with Crippen molar-refractivity contribution in [3.8, 4) is 0 Å². The lowest BCUT2D eigenvalue weighted by atomic mass is 9.72. The second-order valence-corrected chi connectivity index (χ2v) is 9.31. The molecule has 2 unspecified atom stereocenters. The van der Waals surface area contributed by atoms with Gasteiger partial charge in [-0.1, -0.05) is 86.7 Å². The summed E-state index contributed by atoms with van der Waals surface area (Å²) in [5.74, 6) is 0.395. The van der Waals surface area contributed by atoms with Gasteiger partial charge in [-0.15, -0.1) is 0 Å². The van der Waals surface area contributed by atoms with E-state index in [1.54, 1.807) is 12.1 Å². The quantitative estimate of drug-likeness (QED) is 0.385. The number of allylic oxidation sites excluding steroid dienone is 4. The minimum absolute atomic E-state index is 0.0465. The monoisotopic (exact) mass is 402 g/mol. The third-order valence-electron chi connectivity index (χ3n) is 7.32. The maximum Gasteiger partial charge on any atom is 0.194 e. The van der Waals surface area contributed by atoms with E-state index in [1.165, 1.54) is 22.3 Å². The average molecular weight is 402 g/mol. The maximum atomic E-state index is 13.2. The minimum Gasteiger partial charge on any atom is -0.289 e. The molecule has 3 aromatic rings. The van der Waals surface area contributed by atoms with Gasteiger partial charge in [0.05, 0.1) is 0 Å². The molecule has 3 aliphatic carbocycles. The summed E-state index contributed by atoms with van der Waals surface area (Å²) in [7, 11) is 0. The molecule has 6 rings (SSSR count). The van der Waals surface area contributed by atoms with E-state index in [2.05, 4.69) is 56.3 Å². The average Bonchev–Trinajstić information content (AvgIpc) is 3.03. The van der Waals surface area contributed by atoms with Gasteiger partial charge in [-0.05, 0) is 45.7 Å². The molecular formula is C29H22O2. The molecule has 0 saturated carbocycles. The standard InChI is InChI=1S/C29H22O2/c1-29(2)25-14-18(17-8-4-3-5-9-17)12-13-19(25)22-15-23-24(16-26(22)29)28(31)21-11-7-6-10-20(21)27(23)30/h3-16,19,25H,1-2H3. The number of rotatable bonds is 1. The molecule has 31 heavy (non-hydrogen) atoms. The molecular weight excluding hydrogens is 380 g/mol. The van der Waals surface area contributed by atoms with Crippen LogP contribution < -0.4 is 0 Å². The van der Waals surface area contributed by atoms with Gasteiger partial charge in [0.25, 0.3) is 0 Å². The van der Waals surface area contributed by atoms with Crippen LogP contribution in [0.4, 0.5) is 0 Å². The fraction of sp³-hybridized carbons (Fsp3) is 0.172. The first kappa shape index (κ1) is 18.3. The molecule has 0 radical (unpaired) electrons. The second-order valence-electron chi connectivity index (χ2n) is 9.31. The van der Waals surface area contributed by atoms with Crippen LogP contribution in [0.15, 0.2) is 85.0 Å². The molecule has 3 aromatic carbocycles. The molecule has 0 aromatic heterocycles. The van der Waals surface area contributed by atoms with Crippen LogP contribution in [-0.4, -0.2) is 11.6 Å². The van der Waals surface area contributed by atoms with Crippen molar-refractivity contribution in [2.24, 2.45) is 5.92 Å². The van der Waals surface area contributed by atoms with Crippen LogP contribution >= 0.6 is 0 Å². The first-order chi connectivity index (χ1) is 15.0. The van der Waals surface area contributed by atoms with Gasteiger partial charge in [-0.2, -0.15) is 0 Å². The van der Waals surface area contributed by atoms with Gasteiger partial charge in [0.2, 0.25) is 0 Å². The Bertz CT molecular complexity index is 1340. The van der Waals surface area contributed by atoms with Crippen LogP contribution in [0.5, 0.6) is 0 Å². The van der Waals surface area contributed by atoms with Crippen molar-refractivity contribution in [2.45, 2.75) is 25.2 Å². The number of hydrogen-bond donors (Lipinski definition) is 0. The number of benzene rings is 3. The van der Waals surface area contributed by atoms with Crippen molar-refractivity contribution in [1.29, 1.82) is 0 Å². The van der Waals surface area contributed by atoms with E-state index in [-0.39, 0.29) is 28.8 Å². The summed E-state index contributed by atoms with van der Waals surface area (Å²) < 4.78 is 0.